The Morgan fingerprint density at radius 1 is 1.06 bits per heavy atom. The van der Waals surface area contributed by atoms with E-state index in [0.29, 0.717) is 54.0 Å². The molecule has 9 heteroatoms. The molecule has 1 aliphatic heterocycles. The SMILES string of the molecule is Cc1cc(C(=O)Nc2cccc(S(=O)(=O)N3CCN(C)CC3)c2)c2ccc(F)cc2n1. The van der Waals surface area contributed by atoms with Crippen molar-refractivity contribution >= 4 is 32.5 Å². The second-order valence-electron chi connectivity index (χ2n) is 7.66. The average molecular weight is 443 g/mol. The topological polar surface area (TPSA) is 82.6 Å². The standard InChI is InChI=1S/C22H23FN4O3S/c1-15-12-20(19-7-6-16(23)13-21(19)24-15)22(28)25-17-4-3-5-18(14-17)31(29,30)27-10-8-26(2)9-11-27/h3-7,12-14H,8-11H2,1-2H3,(H,25,28). The van der Waals surface area contributed by atoms with E-state index in [1.165, 1.54) is 34.6 Å². The minimum atomic E-state index is -3.65. The third-order valence-electron chi connectivity index (χ3n) is 5.34. The summed E-state index contributed by atoms with van der Waals surface area (Å²) in [5.74, 6) is -0.852. The molecule has 1 saturated heterocycles. The van der Waals surface area contributed by atoms with Gasteiger partial charge in [0.05, 0.1) is 16.0 Å². The van der Waals surface area contributed by atoms with Crippen LogP contribution in [0.3, 0.4) is 0 Å². The molecule has 2 aromatic carbocycles. The van der Waals surface area contributed by atoms with E-state index in [1.54, 1.807) is 25.1 Å². The predicted molar refractivity (Wildman–Crippen MR) is 117 cm³/mol. The number of sulfonamides is 1. The van der Waals surface area contributed by atoms with E-state index in [9.17, 15) is 17.6 Å². The van der Waals surface area contributed by atoms with Crippen LogP contribution in [-0.4, -0.2) is 61.7 Å². The molecule has 1 fully saturated rings. The minimum absolute atomic E-state index is 0.132. The lowest BCUT2D eigenvalue weighted by molar-refractivity contribution is 0.102. The number of anilines is 1. The second kappa shape index (κ2) is 8.33. The minimum Gasteiger partial charge on any atom is -0.322 e. The summed E-state index contributed by atoms with van der Waals surface area (Å²) in [5, 5.41) is 3.28. The summed E-state index contributed by atoms with van der Waals surface area (Å²) in [6, 6.07) is 11.9. The zero-order chi connectivity index (χ0) is 22.2. The van der Waals surface area contributed by atoms with Crippen LogP contribution >= 0.6 is 0 Å². The van der Waals surface area contributed by atoms with E-state index in [1.807, 2.05) is 7.05 Å². The number of fused-ring (bicyclic) bond motifs is 1. The number of aromatic nitrogens is 1. The van der Waals surface area contributed by atoms with Gasteiger partial charge in [-0.1, -0.05) is 6.07 Å². The smallest absolute Gasteiger partial charge is 0.256 e. The summed E-state index contributed by atoms with van der Waals surface area (Å²) < 4.78 is 41.0. The predicted octanol–water partition coefficient (Wildman–Crippen LogP) is 2.87. The fraction of sp³-hybridized carbons (Fsp3) is 0.273. The molecule has 0 atom stereocenters. The number of nitrogens with one attached hydrogen (secondary N) is 1. The number of hydrogen-bond acceptors (Lipinski definition) is 5. The van der Waals surface area contributed by atoms with Gasteiger partial charge in [-0.3, -0.25) is 9.78 Å². The van der Waals surface area contributed by atoms with Crippen molar-refractivity contribution in [2.75, 3.05) is 38.5 Å². The Hall–Kier alpha value is -2.88. The number of pyridine rings is 1. The first kappa shape index (κ1) is 21.4. The molecule has 31 heavy (non-hydrogen) atoms. The zero-order valence-corrected chi connectivity index (χ0v) is 18.1. The molecule has 3 aromatic rings. The molecule has 1 N–H and O–H groups in total. The van der Waals surface area contributed by atoms with Crippen LogP contribution in [0.15, 0.2) is 53.4 Å². The Bertz CT molecular complexity index is 1250. The summed E-state index contributed by atoms with van der Waals surface area (Å²) in [6.45, 7) is 3.92. The second-order valence-corrected chi connectivity index (χ2v) is 9.60. The van der Waals surface area contributed by atoms with Crippen LogP contribution < -0.4 is 5.32 Å². The van der Waals surface area contributed by atoms with E-state index in [4.69, 9.17) is 0 Å². The highest BCUT2D eigenvalue weighted by molar-refractivity contribution is 7.89. The molecule has 1 aliphatic rings. The van der Waals surface area contributed by atoms with Gasteiger partial charge in [-0.2, -0.15) is 4.31 Å². The molecule has 0 bridgehead atoms. The summed E-state index contributed by atoms with van der Waals surface area (Å²) in [7, 11) is -1.69. The molecule has 4 rings (SSSR count). The summed E-state index contributed by atoms with van der Waals surface area (Å²) >= 11 is 0. The number of likely N-dealkylation sites (N-methyl/N-ethyl adjacent to an activating group) is 1. The van der Waals surface area contributed by atoms with Gasteiger partial charge >= 0.3 is 0 Å². The molecule has 162 valence electrons. The normalized spacial score (nSPS) is 15.8. The van der Waals surface area contributed by atoms with Gasteiger partial charge in [0, 0.05) is 49.0 Å². The molecule has 0 unspecified atom stereocenters. The van der Waals surface area contributed by atoms with Crippen molar-refractivity contribution in [1.82, 2.24) is 14.2 Å². The lowest BCUT2D eigenvalue weighted by atomic mass is 10.1. The van der Waals surface area contributed by atoms with Gasteiger partial charge in [-0.15, -0.1) is 0 Å². The number of benzene rings is 2. The molecule has 0 aliphatic carbocycles. The van der Waals surface area contributed by atoms with Gasteiger partial charge < -0.3 is 10.2 Å². The lowest BCUT2D eigenvalue weighted by Gasteiger charge is -2.31. The molecule has 7 nitrogen and oxygen atoms in total. The van der Waals surface area contributed by atoms with Crippen LogP contribution in [0.1, 0.15) is 16.1 Å². The Morgan fingerprint density at radius 2 is 1.81 bits per heavy atom. The van der Waals surface area contributed by atoms with Gasteiger partial charge in [0.2, 0.25) is 10.0 Å². The van der Waals surface area contributed by atoms with Crippen LogP contribution in [0.25, 0.3) is 10.9 Å². The fourth-order valence-electron chi connectivity index (χ4n) is 3.63. The Balaban J connectivity index is 1.61. The van der Waals surface area contributed by atoms with Gasteiger partial charge in [0.15, 0.2) is 0 Å². The number of aryl methyl sites for hydroxylation is 1. The maximum Gasteiger partial charge on any atom is 0.256 e. The van der Waals surface area contributed by atoms with Crippen molar-refractivity contribution in [3.8, 4) is 0 Å². The third-order valence-corrected chi connectivity index (χ3v) is 7.23. The van der Waals surface area contributed by atoms with Gasteiger partial charge in [-0.25, -0.2) is 12.8 Å². The number of hydrogen-bond donors (Lipinski definition) is 1. The number of carbonyl (C=O) groups is 1. The van der Waals surface area contributed by atoms with E-state index in [2.05, 4.69) is 15.2 Å². The molecule has 0 saturated carbocycles. The molecule has 1 amide bonds. The van der Waals surface area contributed by atoms with Gasteiger partial charge in [0.25, 0.3) is 5.91 Å². The lowest BCUT2D eigenvalue weighted by Crippen LogP contribution is -2.47. The first-order valence-corrected chi connectivity index (χ1v) is 11.3. The summed E-state index contributed by atoms with van der Waals surface area (Å²) in [5.41, 5.74) is 1.67. The number of carbonyl (C=O) groups excluding carboxylic acids is 1. The number of nitrogens with zero attached hydrogens (tertiary/aromatic N) is 3. The van der Waals surface area contributed by atoms with Crippen LogP contribution in [0.5, 0.6) is 0 Å². The van der Waals surface area contributed by atoms with Crippen molar-refractivity contribution in [2.45, 2.75) is 11.8 Å². The van der Waals surface area contributed by atoms with Crippen molar-refractivity contribution in [3.63, 3.8) is 0 Å². The maximum atomic E-state index is 13.6. The largest absolute Gasteiger partial charge is 0.322 e. The van der Waals surface area contributed by atoms with Crippen LogP contribution in [-0.2, 0) is 10.0 Å². The fourth-order valence-corrected chi connectivity index (χ4v) is 5.10. The monoisotopic (exact) mass is 442 g/mol. The van der Waals surface area contributed by atoms with E-state index in [-0.39, 0.29) is 4.90 Å². The number of amides is 1. The van der Waals surface area contributed by atoms with Gasteiger partial charge in [-0.05, 0) is 50.4 Å². The Kier molecular flexibility index (Phi) is 5.74. The molecular formula is C22H23FN4O3S. The van der Waals surface area contributed by atoms with E-state index < -0.39 is 21.7 Å². The quantitative estimate of drug-likeness (QED) is 0.672. The summed E-state index contributed by atoms with van der Waals surface area (Å²) in [6.07, 6.45) is 0. The van der Waals surface area contributed by atoms with Crippen LogP contribution in [0.2, 0.25) is 0 Å². The highest BCUT2D eigenvalue weighted by Crippen LogP contribution is 2.23. The number of halogens is 1. The third kappa shape index (κ3) is 4.43. The van der Waals surface area contributed by atoms with Crippen molar-refractivity contribution in [1.29, 1.82) is 0 Å². The first-order chi connectivity index (χ1) is 14.7. The number of rotatable bonds is 4. The number of piperazine rings is 1. The Labute approximate surface area is 180 Å². The molecule has 0 radical (unpaired) electrons. The van der Waals surface area contributed by atoms with E-state index >= 15 is 0 Å². The molecule has 2 heterocycles. The molecule has 0 spiro atoms. The average Bonchev–Trinajstić information content (AvgIpc) is 2.73. The molecular weight excluding hydrogens is 419 g/mol. The first-order valence-electron chi connectivity index (χ1n) is 9.91. The van der Waals surface area contributed by atoms with E-state index in [0.717, 1.165) is 0 Å². The summed E-state index contributed by atoms with van der Waals surface area (Å²) in [4.78, 5) is 19.5. The zero-order valence-electron chi connectivity index (χ0n) is 17.3. The van der Waals surface area contributed by atoms with Crippen LogP contribution in [0, 0.1) is 12.7 Å². The van der Waals surface area contributed by atoms with Crippen molar-refractivity contribution in [2.24, 2.45) is 0 Å². The highest BCUT2D eigenvalue weighted by Gasteiger charge is 2.27. The molecule has 1 aromatic heterocycles. The highest BCUT2D eigenvalue weighted by atomic mass is 32.2. The van der Waals surface area contributed by atoms with Crippen molar-refractivity contribution in [3.05, 3.63) is 65.6 Å². The van der Waals surface area contributed by atoms with Crippen LogP contribution in [0.4, 0.5) is 10.1 Å². The van der Waals surface area contributed by atoms with Gasteiger partial charge in [0.1, 0.15) is 5.82 Å². The Morgan fingerprint density at radius 3 is 2.55 bits per heavy atom. The maximum absolute atomic E-state index is 13.6. The van der Waals surface area contributed by atoms with Crippen molar-refractivity contribution < 1.29 is 17.6 Å².